The van der Waals surface area contributed by atoms with Crippen molar-refractivity contribution in [2.45, 2.75) is 50.9 Å². The summed E-state index contributed by atoms with van der Waals surface area (Å²) in [4.78, 5) is 0. The van der Waals surface area contributed by atoms with Crippen molar-refractivity contribution in [1.29, 1.82) is 0 Å². The average molecular weight is 201 g/mol. The summed E-state index contributed by atoms with van der Waals surface area (Å²) in [6.45, 7) is 2.95. The van der Waals surface area contributed by atoms with E-state index in [-0.39, 0.29) is 0 Å². The Morgan fingerprint density at radius 1 is 1.50 bits per heavy atom. The molecule has 14 heavy (non-hydrogen) atoms. The molecule has 1 rings (SSSR count). The Morgan fingerprint density at radius 3 is 2.79 bits per heavy atom. The van der Waals surface area contributed by atoms with Crippen LogP contribution in [0.25, 0.3) is 0 Å². The third kappa shape index (κ3) is 3.95. The van der Waals surface area contributed by atoms with Gasteiger partial charge in [0.05, 0.1) is 18.8 Å². The van der Waals surface area contributed by atoms with Gasteiger partial charge in [0.15, 0.2) is 0 Å². The molecule has 1 aliphatic rings. The Morgan fingerprint density at radius 2 is 2.29 bits per heavy atom. The highest BCUT2D eigenvalue weighted by Crippen LogP contribution is 2.22. The van der Waals surface area contributed by atoms with Gasteiger partial charge in [0, 0.05) is 13.2 Å². The van der Waals surface area contributed by atoms with Crippen molar-refractivity contribution < 1.29 is 9.47 Å². The zero-order chi connectivity index (χ0) is 10.4. The van der Waals surface area contributed by atoms with E-state index in [1.54, 1.807) is 7.11 Å². The van der Waals surface area contributed by atoms with Gasteiger partial charge >= 0.3 is 0 Å². The van der Waals surface area contributed by atoms with Gasteiger partial charge in [-0.1, -0.05) is 0 Å². The second kappa shape index (κ2) is 6.38. The van der Waals surface area contributed by atoms with Crippen LogP contribution in [-0.4, -0.2) is 39.0 Å². The molecule has 3 unspecified atom stereocenters. The maximum atomic E-state index is 5.77. The Labute approximate surface area is 87.2 Å². The number of nitrogens with one attached hydrogen (secondary N) is 1. The molecule has 0 bridgehead atoms. The maximum absolute atomic E-state index is 5.77. The lowest BCUT2D eigenvalue weighted by Crippen LogP contribution is -2.30. The van der Waals surface area contributed by atoms with Gasteiger partial charge in [0.25, 0.3) is 0 Å². The van der Waals surface area contributed by atoms with Crippen LogP contribution >= 0.6 is 0 Å². The van der Waals surface area contributed by atoms with E-state index in [9.17, 15) is 0 Å². The van der Waals surface area contributed by atoms with Crippen LogP contribution in [0.2, 0.25) is 0 Å². The molecule has 0 spiro atoms. The van der Waals surface area contributed by atoms with Crippen molar-refractivity contribution in [1.82, 2.24) is 5.32 Å². The Hall–Kier alpha value is -0.120. The number of likely N-dealkylation sites (N-methyl/N-ethyl adjacent to an activating group) is 1. The summed E-state index contributed by atoms with van der Waals surface area (Å²) in [5, 5.41) is 3.26. The van der Waals surface area contributed by atoms with Crippen LogP contribution in [0.3, 0.4) is 0 Å². The van der Waals surface area contributed by atoms with Crippen molar-refractivity contribution in [2.24, 2.45) is 0 Å². The highest BCUT2D eigenvalue weighted by atomic mass is 16.5. The molecule has 0 aliphatic carbocycles. The number of rotatable bonds is 6. The van der Waals surface area contributed by atoms with Crippen molar-refractivity contribution in [2.75, 3.05) is 20.8 Å². The fourth-order valence-electron chi connectivity index (χ4n) is 2.00. The lowest BCUT2D eigenvalue weighted by Gasteiger charge is -2.17. The van der Waals surface area contributed by atoms with Crippen LogP contribution in [0.1, 0.15) is 32.6 Å². The van der Waals surface area contributed by atoms with Crippen molar-refractivity contribution in [3.63, 3.8) is 0 Å². The van der Waals surface area contributed by atoms with Crippen molar-refractivity contribution >= 4 is 0 Å². The third-order valence-electron chi connectivity index (χ3n) is 2.93. The van der Waals surface area contributed by atoms with Gasteiger partial charge in [-0.15, -0.1) is 0 Å². The van der Waals surface area contributed by atoms with E-state index in [2.05, 4.69) is 12.2 Å². The van der Waals surface area contributed by atoms with Gasteiger partial charge in [0.1, 0.15) is 0 Å². The van der Waals surface area contributed by atoms with Gasteiger partial charge < -0.3 is 14.8 Å². The molecule has 0 aromatic heterocycles. The lowest BCUT2D eigenvalue weighted by atomic mass is 10.1. The Bertz CT molecular complexity index is 148. The minimum atomic E-state index is 0.468. The first-order valence-electron chi connectivity index (χ1n) is 5.58. The fraction of sp³-hybridized carbons (Fsp3) is 1.00. The molecule has 1 aliphatic heterocycles. The lowest BCUT2D eigenvalue weighted by molar-refractivity contribution is 0.0458. The predicted molar refractivity (Wildman–Crippen MR) is 57.5 cm³/mol. The fourth-order valence-corrected chi connectivity index (χ4v) is 2.00. The van der Waals surface area contributed by atoms with Crippen molar-refractivity contribution in [3.8, 4) is 0 Å². The van der Waals surface area contributed by atoms with Gasteiger partial charge in [-0.2, -0.15) is 0 Å². The molecule has 3 nitrogen and oxygen atoms in total. The third-order valence-corrected chi connectivity index (χ3v) is 2.93. The first-order chi connectivity index (χ1) is 6.76. The van der Waals surface area contributed by atoms with Gasteiger partial charge in [-0.05, 0) is 39.7 Å². The van der Waals surface area contributed by atoms with Crippen LogP contribution < -0.4 is 5.32 Å². The zero-order valence-electron chi connectivity index (χ0n) is 9.58. The van der Waals surface area contributed by atoms with Crippen LogP contribution in [0.5, 0.6) is 0 Å². The molecular weight excluding hydrogens is 178 g/mol. The summed E-state index contributed by atoms with van der Waals surface area (Å²) in [6, 6.07) is 0.472. The molecule has 1 fully saturated rings. The number of methoxy groups -OCH3 is 1. The molecule has 1 heterocycles. The Balaban J connectivity index is 2.12. The number of hydrogen-bond donors (Lipinski definition) is 1. The monoisotopic (exact) mass is 201 g/mol. The van der Waals surface area contributed by atoms with E-state index in [4.69, 9.17) is 9.47 Å². The summed E-state index contributed by atoms with van der Waals surface area (Å²) in [5.41, 5.74) is 0. The summed E-state index contributed by atoms with van der Waals surface area (Å²) >= 11 is 0. The van der Waals surface area contributed by atoms with Crippen LogP contribution in [0, 0.1) is 0 Å². The highest BCUT2D eigenvalue weighted by Gasteiger charge is 2.22. The smallest absolute Gasteiger partial charge is 0.0615 e. The predicted octanol–water partition coefficient (Wildman–Crippen LogP) is 1.57. The second-order valence-electron chi connectivity index (χ2n) is 4.16. The van der Waals surface area contributed by atoms with E-state index >= 15 is 0 Å². The highest BCUT2D eigenvalue weighted by molar-refractivity contribution is 4.73. The number of ether oxygens (including phenoxy) is 2. The van der Waals surface area contributed by atoms with Crippen LogP contribution in [-0.2, 0) is 9.47 Å². The zero-order valence-corrected chi connectivity index (χ0v) is 9.58. The minimum absolute atomic E-state index is 0.468. The minimum Gasteiger partial charge on any atom is -0.383 e. The molecule has 0 saturated carbocycles. The Kier molecular flexibility index (Phi) is 5.45. The second-order valence-corrected chi connectivity index (χ2v) is 4.16. The van der Waals surface area contributed by atoms with Gasteiger partial charge in [-0.25, -0.2) is 0 Å². The summed E-state index contributed by atoms with van der Waals surface area (Å²) in [7, 11) is 3.74. The molecule has 0 aromatic carbocycles. The standard InChI is InChI=1S/C11H23NO2/c1-9-4-6-11(14-9)7-5-10(12-2)8-13-3/h9-12H,4-8H2,1-3H3. The normalized spacial score (nSPS) is 29.4. The van der Waals surface area contributed by atoms with Gasteiger partial charge in [0.2, 0.25) is 0 Å². The first kappa shape index (κ1) is 12.0. The van der Waals surface area contributed by atoms with Gasteiger partial charge in [-0.3, -0.25) is 0 Å². The average Bonchev–Trinajstić information content (AvgIpc) is 2.59. The first-order valence-corrected chi connectivity index (χ1v) is 5.58. The molecular formula is C11H23NO2. The number of hydrogen-bond acceptors (Lipinski definition) is 3. The van der Waals surface area contributed by atoms with E-state index in [1.807, 2.05) is 7.05 Å². The molecule has 1 saturated heterocycles. The maximum Gasteiger partial charge on any atom is 0.0615 e. The largest absolute Gasteiger partial charge is 0.383 e. The molecule has 3 atom stereocenters. The molecule has 3 heteroatoms. The quantitative estimate of drug-likeness (QED) is 0.707. The van der Waals surface area contributed by atoms with E-state index in [0.29, 0.717) is 18.2 Å². The van der Waals surface area contributed by atoms with E-state index in [0.717, 1.165) is 19.4 Å². The molecule has 0 amide bonds. The molecule has 1 N–H and O–H groups in total. The van der Waals surface area contributed by atoms with E-state index < -0.39 is 0 Å². The van der Waals surface area contributed by atoms with Crippen LogP contribution in [0.15, 0.2) is 0 Å². The summed E-state index contributed by atoms with van der Waals surface area (Å²) in [5.74, 6) is 0. The van der Waals surface area contributed by atoms with Crippen LogP contribution in [0.4, 0.5) is 0 Å². The topological polar surface area (TPSA) is 30.5 Å². The molecule has 0 radical (unpaired) electrons. The summed E-state index contributed by atoms with van der Waals surface area (Å²) in [6.07, 6.45) is 5.69. The van der Waals surface area contributed by atoms with E-state index in [1.165, 1.54) is 12.8 Å². The molecule has 0 aromatic rings. The summed E-state index contributed by atoms with van der Waals surface area (Å²) < 4.78 is 10.9. The van der Waals surface area contributed by atoms with Crippen molar-refractivity contribution in [3.05, 3.63) is 0 Å². The SMILES string of the molecule is CNC(CCC1CCC(C)O1)COC. The molecule has 84 valence electrons.